The summed E-state index contributed by atoms with van der Waals surface area (Å²) < 4.78 is 13.2. The number of anilines is 1. The Morgan fingerprint density at radius 3 is 3.00 bits per heavy atom. The minimum absolute atomic E-state index is 0.0814. The Balaban J connectivity index is 2.55. The van der Waals surface area contributed by atoms with Crippen molar-refractivity contribution < 1.29 is 9.18 Å². The van der Waals surface area contributed by atoms with Crippen LogP contribution in [-0.2, 0) is 4.79 Å². The van der Waals surface area contributed by atoms with Gasteiger partial charge in [-0.25, -0.2) is 4.39 Å². The van der Waals surface area contributed by atoms with Gasteiger partial charge in [0.2, 0.25) is 5.91 Å². The quantitative estimate of drug-likeness (QED) is 0.614. The predicted molar refractivity (Wildman–Crippen MR) is 63.1 cm³/mol. The third-order valence-electron chi connectivity index (χ3n) is 1.78. The molecule has 16 heavy (non-hydrogen) atoms. The molecular formula is C11H12ClFN2O. The number of hydrogen-bond acceptors (Lipinski definition) is 2. The van der Waals surface area contributed by atoms with Crippen LogP contribution in [0.25, 0.3) is 0 Å². The first kappa shape index (κ1) is 12.7. The van der Waals surface area contributed by atoms with Crippen molar-refractivity contribution in [3.05, 3.63) is 41.7 Å². The average molecular weight is 243 g/mol. The Kier molecular flexibility index (Phi) is 4.95. The lowest BCUT2D eigenvalue weighted by atomic mass is 10.3. The van der Waals surface area contributed by atoms with Crippen LogP contribution in [-0.4, -0.2) is 19.0 Å². The van der Waals surface area contributed by atoms with Gasteiger partial charge < -0.3 is 10.6 Å². The molecule has 0 aromatic heterocycles. The number of nitrogens with one attached hydrogen (secondary N) is 2. The van der Waals surface area contributed by atoms with E-state index in [-0.39, 0.29) is 18.1 Å². The molecule has 0 bridgehead atoms. The fraction of sp³-hybridized carbons (Fsp3) is 0.182. The van der Waals surface area contributed by atoms with Gasteiger partial charge >= 0.3 is 0 Å². The third kappa shape index (κ3) is 4.00. The van der Waals surface area contributed by atoms with Crippen LogP contribution in [0.2, 0.25) is 5.02 Å². The first-order chi connectivity index (χ1) is 7.63. The highest BCUT2D eigenvalue weighted by molar-refractivity contribution is 6.30. The molecule has 1 aromatic carbocycles. The molecule has 0 aliphatic carbocycles. The molecule has 86 valence electrons. The Morgan fingerprint density at radius 1 is 1.56 bits per heavy atom. The maximum absolute atomic E-state index is 13.2. The predicted octanol–water partition coefficient (Wildman–Crippen LogP) is 2.19. The van der Waals surface area contributed by atoms with Crippen LogP contribution in [0.5, 0.6) is 0 Å². The highest BCUT2D eigenvalue weighted by Crippen LogP contribution is 2.19. The normalized spacial score (nSPS) is 9.88. The number of rotatable bonds is 5. The van der Waals surface area contributed by atoms with Crippen LogP contribution >= 0.6 is 11.6 Å². The topological polar surface area (TPSA) is 41.1 Å². The molecule has 0 aliphatic rings. The molecule has 3 nitrogen and oxygen atoms in total. The Labute approximate surface area is 98.3 Å². The second kappa shape index (κ2) is 6.25. The first-order valence-electron chi connectivity index (χ1n) is 4.70. The molecule has 1 rings (SSSR count). The maximum Gasteiger partial charge on any atom is 0.238 e. The van der Waals surface area contributed by atoms with E-state index < -0.39 is 5.82 Å². The van der Waals surface area contributed by atoms with Crippen LogP contribution < -0.4 is 10.6 Å². The minimum Gasteiger partial charge on any atom is -0.322 e. The summed E-state index contributed by atoms with van der Waals surface area (Å²) in [5.41, 5.74) is 0.0814. The third-order valence-corrected chi connectivity index (χ3v) is 2.01. The Morgan fingerprint density at radius 2 is 2.31 bits per heavy atom. The molecule has 0 spiro atoms. The Hall–Kier alpha value is -1.39. The van der Waals surface area contributed by atoms with Gasteiger partial charge in [-0.15, -0.1) is 6.58 Å². The lowest BCUT2D eigenvalue weighted by molar-refractivity contribution is -0.115. The van der Waals surface area contributed by atoms with Crippen molar-refractivity contribution in [1.82, 2.24) is 5.32 Å². The molecule has 0 radical (unpaired) electrons. The molecule has 0 aliphatic heterocycles. The fourth-order valence-corrected chi connectivity index (χ4v) is 1.25. The van der Waals surface area contributed by atoms with Crippen molar-refractivity contribution in [3.63, 3.8) is 0 Å². The summed E-state index contributed by atoms with van der Waals surface area (Å²) in [4.78, 5) is 11.3. The van der Waals surface area contributed by atoms with Gasteiger partial charge in [-0.05, 0) is 18.2 Å². The van der Waals surface area contributed by atoms with E-state index in [0.29, 0.717) is 11.6 Å². The lowest BCUT2D eigenvalue weighted by Gasteiger charge is -2.06. The molecule has 0 fully saturated rings. The van der Waals surface area contributed by atoms with Gasteiger partial charge in [-0.1, -0.05) is 17.7 Å². The summed E-state index contributed by atoms with van der Waals surface area (Å²) in [7, 11) is 0. The molecule has 0 unspecified atom stereocenters. The van der Waals surface area contributed by atoms with E-state index in [2.05, 4.69) is 17.2 Å². The van der Waals surface area contributed by atoms with Crippen LogP contribution in [0.15, 0.2) is 30.9 Å². The second-order valence-electron chi connectivity index (χ2n) is 3.09. The fourth-order valence-electron chi connectivity index (χ4n) is 1.08. The number of benzene rings is 1. The lowest BCUT2D eigenvalue weighted by Crippen LogP contribution is -2.28. The summed E-state index contributed by atoms with van der Waals surface area (Å²) in [5, 5.41) is 5.59. The summed E-state index contributed by atoms with van der Waals surface area (Å²) in [6.45, 7) is 4.11. The summed E-state index contributed by atoms with van der Waals surface area (Å²) in [5.74, 6) is -0.843. The molecule has 0 saturated carbocycles. The van der Waals surface area contributed by atoms with Gasteiger partial charge in [0.25, 0.3) is 0 Å². The van der Waals surface area contributed by atoms with Gasteiger partial charge in [-0.2, -0.15) is 0 Å². The number of halogens is 2. The van der Waals surface area contributed by atoms with Crippen molar-refractivity contribution in [2.75, 3.05) is 18.4 Å². The first-order valence-corrected chi connectivity index (χ1v) is 5.08. The van der Waals surface area contributed by atoms with Crippen LogP contribution in [0.4, 0.5) is 10.1 Å². The zero-order chi connectivity index (χ0) is 12.0. The smallest absolute Gasteiger partial charge is 0.238 e. The second-order valence-corrected chi connectivity index (χ2v) is 3.53. The van der Waals surface area contributed by atoms with Crippen LogP contribution in [0, 0.1) is 5.82 Å². The molecule has 1 aromatic rings. The van der Waals surface area contributed by atoms with E-state index in [4.69, 9.17) is 11.6 Å². The molecule has 2 N–H and O–H groups in total. The van der Waals surface area contributed by atoms with Gasteiger partial charge in [0.05, 0.1) is 12.2 Å². The number of amides is 1. The largest absolute Gasteiger partial charge is 0.322 e. The van der Waals surface area contributed by atoms with E-state index in [9.17, 15) is 9.18 Å². The zero-order valence-electron chi connectivity index (χ0n) is 8.59. The van der Waals surface area contributed by atoms with E-state index in [1.54, 1.807) is 6.08 Å². The minimum atomic E-state index is -0.513. The summed E-state index contributed by atoms with van der Waals surface area (Å²) >= 11 is 5.68. The number of carbonyl (C=O) groups is 1. The zero-order valence-corrected chi connectivity index (χ0v) is 9.35. The van der Waals surface area contributed by atoms with Gasteiger partial charge in [-0.3, -0.25) is 4.79 Å². The monoisotopic (exact) mass is 242 g/mol. The van der Waals surface area contributed by atoms with Crippen LogP contribution in [0.3, 0.4) is 0 Å². The molecule has 1 amide bonds. The van der Waals surface area contributed by atoms with Gasteiger partial charge in [0.1, 0.15) is 5.82 Å². The van der Waals surface area contributed by atoms with Gasteiger partial charge in [0.15, 0.2) is 0 Å². The summed E-state index contributed by atoms with van der Waals surface area (Å²) in [6.07, 6.45) is 1.63. The molecular weight excluding hydrogens is 231 g/mol. The van der Waals surface area contributed by atoms with E-state index in [0.717, 1.165) is 0 Å². The standard InChI is InChI=1S/C11H12ClFN2O/c1-2-5-14-7-11(16)15-10-6-8(12)3-4-9(10)13/h2-4,6,14H,1,5,7H2,(H,15,16). The highest BCUT2D eigenvalue weighted by atomic mass is 35.5. The molecule has 5 heteroatoms. The Bertz CT molecular complexity index is 396. The van der Waals surface area contributed by atoms with Crippen LogP contribution in [0.1, 0.15) is 0 Å². The van der Waals surface area contributed by atoms with Crippen molar-refractivity contribution in [3.8, 4) is 0 Å². The number of hydrogen-bond donors (Lipinski definition) is 2. The van der Waals surface area contributed by atoms with E-state index in [1.807, 2.05) is 0 Å². The average Bonchev–Trinajstić information content (AvgIpc) is 2.24. The van der Waals surface area contributed by atoms with E-state index in [1.165, 1.54) is 18.2 Å². The number of carbonyl (C=O) groups excluding carboxylic acids is 1. The van der Waals surface area contributed by atoms with Crippen molar-refractivity contribution in [2.45, 2.75) is 0 Å². The van der Waals surface area contributed by atoms with Gasteiger partial charge in [0, 0.05) is 11.6 Å². The maximum atomic E-state index is 13.2. The SMILES string of the molecule is C=CCNCC(=O)Nc1cc(Cl)ccc1F. The highest BCUT2D eigenvalue weighted by Gasteiger charge is 2.06. The van der Waals surface area contributed by atoms with Crippen molar-refractivity contribution in [2.24, 2.45) is 0 Å². The van der Waals surface area contributed by atoms with Crippen molar-refractivity contribution >= 4 is 23.2 Å². The molecule has 0 heterocycles. The summed E-state index contributed by atoms with van der Waals surface area (Å²) in [6, 6.07) is 3.99. The van der Waals surface area contributed by atoms with Crippen molar-refractivity contribution in [1.29, 1.82) is 0 Å². The molecule has 0 atom stereocenters. The molecule has 0 saturated heterocycles. The van der Waals surface area contributed by atoms with E-state index >= 15 is 0 Å².